The van der Waals surface area contributed by atoms with Gasteiger partial charge in [-0.15, -0.1) is 0 Å². The maximum atomic E-state index is 11.4. The van der Waals surface area contributed by atoms with Crippen LogP contribution in [0.25, 0.3) is 0 Å². The third-order valence-corrected chi connectivity index (χ3v) is 2.10. The van der Waals surface area contributed by atoms with Gasteiger partial charge in [-0.1, -0.05) is 6.08 Å². The van der Waals surface area contributed by atoms with Crippen molar-refractivity contribution in [2.24, 2.45) is 0 Å². The van der Waals surface area contributed by atoms with Gasteiger partial charge in [0.1, 0.15) is 5.75 Å². The zero-order valence-corrected chi connectivity index (χ0v) is 10.6. The number of amides is 2. The van der Waals surface area contributed by atoms with Crippen LogP contribution in [-0.4, -0.2) is 18.9 Å². The molecule has 1 aromatic rings. The lowest BCUT2D eigenvalue weighted by Gasteiger charge is -2.11. The van der Waals surface area contributed by atoms with E-state index in [4.69, 9.17) is 4.74 Å². The summed E-state index contributed by atoms with van der Waals surface area (Å²) in [6.45, 7) is 3.18. The number of carbonyl (C=O) groups excluding carboxylic acids is 2. The molecular weight excluding hydrogens is 232 g/mol. The average molecular weight is 248 g/mol. The van der Waals surface area contributed by atoms with E-state index in [1.54, 1.807) is 31.2 Å². The van der Waals surface area contributed by atoms with Gasteiger partial charge in [-0.05, 0) is 25.1 Å². The van der Waals surface area contributed by atoms with Crippen LogP contribution in [0.2, 0.25) is 0 Å². The Hall–Kier alpha value is -2.30. The van der Waals surface area contributed by atoms with Gasteiger partial charge in [-0.2, -0.15) is 0 Å². The third kappa shape index (κ3) is 3.93. The van der Waals surface area contributed by atoms with Gasteiger partial charge in [0, 0.05) is 18.7 Å². The SMILES string of the molecule is CC=CC(=O)Nc1ccc(NC(C)=O)c(OC)c1. The monoisotopic (exact) mass is 248 g/mol. The Morgan fingerprint density at radius 3 is 2.56 bits per heavy atom. The zero-order chi connectivity index (χ0) is 13.5. The molecule has 2 N–H and O–H groups in total. The second-order valence-corrected chi connectivity index (χ2v) is 3.59. The van der Waals surface area contributed by atoms with Crippen molar-refractivity contribution in [1.29, 1.82) is 0 Å². The molecule has 0 aliphatic carbocycles. The topological polar surface area (TPSA) is 67.4 Å². The summed E-state index contributed by atoms with van der Waals surface area (Å²) >= 11 is 0. The van der Waals surface area contributed by atoms with Gasteiger partial charge in [0.2, 0.25) is 11.8 Å². The smallest absolute Gasteiger partial charge is 0.248 e. The molecule has 18 heavy (non-hydrogen) atoms. The molecule has 5 heteroatoms. The lowest BCUT2D eigenvalue weighted by atomic mass is 10.2. The summed E-state index contributed by atoms with van der Waals surface area (Å²) in [4.78, 5) is 22.3. The molecule has 0 radical (unpaired) electrons. The van der Waals surface area contributed by atoms with Gasteiger partial charge in [-0.25, -0.2) is 0 Å². The van der Waals surface area contributed by atoms with Crippen molar-refractivity contribution in [3.63, 3.8) is 0 Å². The van der Waals surface area contributed by atoms with Gasteiger partial charge in [0.15, 0.2) is 0 Å². The van der Waals surface area contributed by atoms with E-state index in [9.17, 15) is 9.59 Å². The Kier molecular flexibility index (Phi) is 4.92. The van der Waals surface area contributed by atoms with Crippen molar-refractivity contribution in [2.45, 2.75) is 13.8 Å². The predicted octanol–water partition coefficient (Wildman–Crippen LogP) is 2.17. The third-order valence-electron chi connectivity index (χ3n) is 2.10. The Balaban J connectivity index is 2.91. The maximum Gasteiger partial charge on any atom is 0.248 e. The van der Waals surface area contributed by atoms with E-state index in [-0.39, 0.29) is 11.8 Å². The van der Waals surface area contributed by atoms with Crippen LogP contribution in [0.4, 0.5) is 11.4 Å². The minimum absolute atomic E-state index is 0.181. The van der Waals surface area contributed by atoms with Crippen LogP contribution in [0.15, 0.2) is 30.4 Å². The molecule has 0 fully saturated rings. The second-order valence-electron chi connectivity index (χ2n) is 3.59. The van der Waals surface area contributed by atoms with Gasteiger partial charge >= 0.3 is 0 Å². The van der Waals surface area contributed by atoms with Crippen molar-refractivity contribution in [3.05, 3.63) is 30.4 Å². The molecule has 2 amide bonds. The van der Waals surface area contributed by atoms with E-state index >= 15 is 0 Å². The van der Waals surface area contributed by atoms with Crippen molar-refractivity contribution in [3.8, 4) is 5.75 Å². The Labute approximate surface area is 106 Å². The molecule has 0 aliphatic heterocycles. The largest absolute Gasteiger partial charge is 0.494 e. The molecule has 0 aliphatic rings. The number of hydrogen-bond donors (Lipinski definition) is 2. The van der Waals surface area contributed by atoms with E-state index in [1.165, 1.54) is 20.1 Å². The molecule has 0 unspecified atom stereocenters. The summed E-state index contributed by atoms with van der Waals surface area (Å²) in [6.07, 6.45) is 3.08. The highest BCUT2D eigenvalue weighted by Crippen LogP contribution is 2.27. The molecular formula is C13H16N2O3. The fourth-order valence-electron chi connectivity index (χ4n) is 1.40. The molecule has 0 heterocycles. The van der Waals surface area contributed by atoms with Crippen LogP contribution in [0, 0.1) is 0 Å². The number of allylic oxidation sites excluding steroid dienone is 1. The summed E-state index contributed by atoms with van der Waals surface area (Å²) in [5.41, 5.74) is 1.16. The minimum atomic E-state index is -0.216. The predicted molar refractivity (Wildman–Crippen MR) is 70.7 cm³/mol. The first kappa shape index (κ1) is 13.8. The Morgan fingerprint density at radius 2 is 2.00 bits per heavy atom. The highest BCUT2D eigenvalue weighted by atomic mass is 16.5. The second kappa shape index (κ2) is 6.44. The van der Waals surface area contributed by atoms with Crippen molar-refractivity contribution < 1.29 is 14.3 Å². The minimum Gasteiger partial charge on any atom is -0.494 e. The summed E-state index contributed by atoms with van der Waals surface area (Å²) in [7, 11) is 1.50. The van der Waals surface area contributed by atoms with Crippen LogP contribution in [0.3, 0.4) is 0 Å². The molecule has 0 spiro atoms. The fraction of sp³-hybridized carbons (Fsp3) is 0.231. The molecule has 1 aromatic carbocycles. The number of carbonyl (C=O) groups is 2. The average Bonchev–Trinajstić information content (AvgIpc) is 2.30. The van der Waals surface area contributed by atoms with E-state index < -0.39 is 0 Å². The van der Waals surface area contributed by atoms with Crippen LogP contribution in [0.5, 0.6) is 5.75 Å². The van der Waals surface area contributed by atoms with Gasteiger partial charge in [0.25, 0.3) is 0 Å². The molecule has 0 saturated carbocycles. The van der Waals surface area contributed by atoms with E-state index in [0.29, 0.717) is 17.1 Å². The standard InChI is InChI=1S/C13H16N2O3/c1-4-5-13(17)15-10-6-7-11(14-9(2)16)12(8-10)18-3/h4-8H,1-3H3,(H,14,16)(H,15,17). The number of hydrogen-bond acceptors (Lipinski definition) is 3. The lowest BCUT2D eigenvalue weighted by Crippen LogP contribution is -2.10. The molecule has 0 aromatic heterocycles. The Bertz CT molecular complexity index is 481. The summed E-state index contributed by atoms with van der Waals surface area (Å²) in [6, 6.07) is 5.01. The number of nitrogens with one attached hydrogen (secondary N) is 2. The van der Waals surface area contributed by atoms with E-state index in [2.05, 4.69) is 10.6 Å². The number of methoxy groups -OCH3 is 1. The van der Waals surface area contributed by atoms with Crippen LogP contribution in [-0.2, 0) is 9.59 Å². The van der Waals surface area contributed by atoms with Gasteiger partial charge < -0.3 is 15.4 Å². The van der Waals surface area contributed by atoms with Crippen molar-refractivity contribution >= 4 is 23.2 Å². The lowest BCUT2D eigenvalue weighted by molar-refractivity contribution is -0.114. The van der Waals surface area contributed by atoms with Crippen LogP contribution >= 0.6 is 0 Å². The first-order valence-corrected chi connectivity index (χ1v) is 5.46. The van der Waals surface area contributed by atoms with E-state index in [0.717, 1.165) is 0 Å². The molecule has 96 valence electrons. The Morgan fingerprint density at radius 1 is 1.28 bits per heavy atom. The summed E-state index contributed by atoms with van der Waals surface area (Å²) < 4.78 is 5.14. The zero-order valence-electron chi connectivity index (χ0n) is 10.6. The van der Waals surface area contributed by atoms with Crippen molar-refractivity contribution in [2.75, 3.05) is 17.7 Å². The number of anilines is 2. The summed E-state index contributed by atoms with van der Waals surface area (Å²) in [5, 5.41) is 5.32. The number of rotatable bonds is 4. The molecule has 0 bridgehead atoms. The van der Waals surface area contributed by atoms with Crippen LogP contribution in [0.1, 0.15) is 13.8 Å². The quantitative estimate of drug-likeness (QED) is 0.802. The van der Waals surface area contributed by atoms with Crippen LogP contribution < -0.4 is 15.4 Å². The van der Waals surface area contributed by atoms with E-state index in [1.807, 2.05) is 0 Å². The van der Waals surface area contributed by atoms with Gasteiger partial charge in [-0.3, -0.25) is 9.59 Å². The molecule has 0 saturated heterocycles. The molecule has 5 nitrogen and oxygen atoms in total. The highest BCUT2D eigenvalue weighted by Gasteiger charge is 2.06. The van der Waals surface area contributed by atoms with Crippen molar-refractivity contribution in [1.82, 2.24) is 0 Å². The molecule has 0 atom stereocenters. The first-order chi connectivity index (χ1) is 8.56. The molecule has 1 rings (SSSR count). The number of benzene rings is 1. The fourth-order valence-corrected chi connectivity index (χ4v) is 1.40. The normalized spacial score (nSPS) is 10.2. The summed E-state index contributed by atoms with van der Waals surface area (Å²) in [5.74, 6) is 0.0920. The maximum absolute atomic E-state index is 11.4. The van der Waals surface area contributed by atoms with Gasteiger partial charge in [0.05, 0.1) is 12.8 Å². The first-order valence-electron chi connectivity index (χ1n) is 5.46. The highest BCUT2D eigenvalue weighted by molar-refractivity contribution is 6.00. The number of ether oxygens (including phenoxy) is 1.